The summed E-state index contributed by atoms with van der Waals surface area (Å²) in [5.41, 5.74) is 6.58. The molecule has 8 nitrogen and oxygen atoms in total. The Morgan fingerprint density at radius 1 is 1.39 bits per heavy atom. The highest BCUT2D eigenvalue weighted by molar-refractivity contribution is 5.86. The van der Waals surface area contributed by atoms with Gasteiger partial charge in [0.25, 0.3) is 0 Å². The van der Waals surface area contributed by atoms with Crippen molar-refractivity contribution in [3.8, 4) is 0 Å². The predicted octanol–water partition coefficient (Wildman–Crippen LogP) is 0.636. The molecule has 3 heterocycles. The highest BCUT2D eigenvalue weighted by Gasteiger charge is 2.33. The van der Waals surface area contributed by atoms with Crippen molar-refractivity contribution in [3.05, 3.63) is 18.6 Å². The lowest BCUT2D eigenvalue weighted by molar-refractivity contribution is -0.127. The molecule has 128 valence electrons. The Labute approximate surface area is 134 Å². The van der Waals surface area contributed by atoms with Crippen molar-refractivity contribution in [2.24, 2.45) is 5.92 Å². The van der Waals surface area contributed by atoms with Gasteiger partial charge in [-0.15, -0.1) is 0 Å². The minimum Gasteiger partial charge on any atom is -0.394 e. The van der Waals surface area contributed by atoms with Crippen LogP contribution in [0.25, 0.3) is 11.0 Å². The summed E-state index contributed by atoms with van der Waals surface area (Å²) >= 11 is 0. The van der Waals surface area contributed by atoms with E-state index in [0.717, 1.165) is 17.5 Å². The van der Waals surface area contributed by atoms with Crippen molar-refractivity contribution in [2.45, 2.75) is 45.3 Å². The summed E-state index contributed by atoms with van der Waals surface area (Å²) in [6.07, 6.45) is 4.03. The predicted molar refractivity (Wildman–Crippen MR) is 85.2 cm³/mol. The number of aromatic nitrogens is 3. The summed E-state index contributed by atoms with van der Waals surface area (Å²) in [6.45, 7) is 4.73. The normalized spacial score (nSPS) is 24.5. The number of nitrogen functional groups attached to an aromatic ring is 1. The van der Waals surface area contributed by atoms with Crippen LogP contribution < -0.4 is 5.73 Å². The number of rotatable bonds is 2. The first-order valence-electron chi connectivity index (χ1n) is 7.48. The van der Waals surface area contributed by atoms with Gasteiger partial charge in [-0.05, 0) is 32.3 Å². The van der Waals surface area contributed by atoms with Crippen molar-refractivity contribution in [1.29, 1.82) is 0 Å². The van der Waals surface area contributed by atoms with E-state index in [1.165, 1.54) is 20.2 Å². The van der Waals surface area contributed by atoms with Crippen LogP contribution in [-0.2, 0) is 4.74 Å². The van der Waals surface area contributed by atoms with Crippen LogP contribution in [0.3, 0.4) is 0 Å². The van der Waals surface area contributed by atoms with Crippen LogP contribution in [0.5, 0.6) is 0 Å². The van der Waals surface area contributed by atoms with E-state index in [4.69, 9.17) is 20.7 Å². The Morgan fingerprint density at radius 3 is 2.61 bits per heavy atom. The van der Waals surface area contributed by atoms with E-state index in [1.54, 1.807) is 0 Å². The van der Waals surface area contributed by atoms with Crippen molar-refractivity contribution in [1.82, 2.24) is 14.5 Å². The fourth-order valence-corrected chi connectivity index (χ4v) is 2.49. The fraction of sp³-hybridized carbons (Fsp3) is 0.600. The number of ether oxygens (including phenoxy) is 1. The number of fused-ring (bicyclic) bond motifs is 1. The molecule has 0 aromatic carbocycles. The Bertz CT molecular complexity index is 646. The quantitative estimate of drug-likeness (QED) is 0.597. The standard InChI is InChI=1S/C12H16N4O2.C3H8O2/c1-7-4-10(18-9(7)5-17)16-3-2-8-11(13)14-6-15-12(8)16;1-3(2,4)5/h2-3,6-7,9-10,17H,4-5H2,1H3,(H2,13,14,15);4-5H,1-2H3. The number of aliphatic hydroxyl groups is 3. The third-order valence-electron chi connectivity index (χ3n) is 3.57. The third kappa shape index (κ3) is 4.38. The van der Waals surface area contributed by atoms with Gasteiger partial charge in [0.05, 0.1) is 18.1 Å². The summed E-state index contributed by atoms with van der Waals surface area (Å²) in [4.78, 5) is 8.22. The number of anilines is 1. The molecular weight excluding hydrogens is 300 g/mol. The van der Waals surface area contributed by atoms with Gasteiger partial charge in [0.15, 0.2) is 5.79 Å². The van der Waals surface area contributed by atoms with E-state index < -0.39 is 5.79 Å². The molecule has 1 fully saturated rings. The van der Waals surface area contributed by atoms with E-state index in [9.17, 15) is 5.11 Å². The number of nitrogens with zero attached hydrogens (tertiary/aromatic N) is 3. The van der Waals surface area contributed by atoms with Crippen LogP contribution >= 0.6 is 0 Å². The first-order valence-corrected chi connectivity index (χ1v) is 7.48. The molecule has 0 saturated carbocycles. The molecule has 1 aliphatic heterocycles. The molecule has 2 aromatic heterocycles. The topological polar surface area (TPSA) is 127 Å². The van der Waals surface area contributed by atoms with Crippen LogP contribution in [0.4, 0.5) is 5.82 Å². The van der Waals surface area contributed by atoms with Gasteiger partial charge in [-0.3, -0.25) is 0 Å². The fourth-order valence-electron chi connectivity index (χ4n) is 2.49. The van der Waals surface area contributed by atoms with E-state index in [2.05, 4.69) is 16.9 Å². The molecule has 1 aliphatic rings. The zero-order valence-electron chi connectivity index (χ0n) is 13.5. The van der Waals surface area contributed by atoms with Crippen LogP contribution in [0, 0.1) is 5.92 Å². The molecule has 3 atom stereocenters. The number of hydrogen-bond donors (Lipinski definition) is 4. The third-order valence-corrected chi connectivity index (χ3v) is 3.57. The van der Waals surface area contributed by atoms with E-state index in [-0.39, 0.29) is 18.9 Å². The molecule has 23 heavy (non-hydrogen) atoms. The van der Waals surface area contributed by atoms with E-state index in [1.807, 2.05) is 16.8 Å². The van der Waals surface area contributed by atoms with E-state index >= 15 is 0 Å². The first kappa shape index (κ1) is 17.6. The van der Waals surface area contributed by atoms with Crippen LogP contribution in [-0.4, -0.2) is 48.4 Å². The molecule has 3 unspecified atom stereocenters. The monoisotopic (exact) mass is 324 g/mol. The first-order chi connectivity index (χ1) is 10.7. The lowest BCUT2D eigenvalue weighted by Gasteiger charge is -2.14. The lowest BCUT2D eigenvalue weighted by atomic mass is 10.0. The number of aliphatic hydroxyl groups excluding tert-OH is 1. The summed E-state index contributed by atoms with van der Waals surface area (Å²) in [5, 5.41) is 26.2. The van der Waals surface area contributed by atoms with Crippen molar-refractivity contribution in [3.63, 3.8) is 0 Å². The minimum atomic E-state index is -1.50. The van der Waals surface area contributed by atoms with Gasteiger partial charge in [-0.1, -0.05) is 6.92 Å². The average molecular weight is 324 g/mol. The van der Waals surface area contributed by atoms with Crippen LogP contribution in [0.15, 0.2) is 18.6 Å². The van der Waals surface area contributed by atoms with Crippen LogP contribution in [0.2, 0.25) is 0 Å². The molecule has 5 N–H and O–H groups in total. The Balaban J connectivity index is 0.000000338. The largest absolute Gasteiger partial charge is 0.394 e. The minimum absolute atomic E-state index is 0.0496. The Kier molecular flexibility index (Phi) is 5.20. The second kappa shape index (κ2) is 6.79. The number of nitrogens with two attached hydrogens (primary N) is 1. The van der Waals surface area contributed by atoms with E-state index in [0.29, 0.717) is 11.7 Å². The van der Waals surface area contributed by atoms with Gasteiger partial charge >= 0.3 is 0 Å². The average Bonchev–Trinajstić information content (AvgIpc) is 3.01. The summed E-state index contributed by atoms with van der Waals surface area (Å²) in [5.74, 6) is -0.694. The lowest BCUT2D eigenvalue weighted by Crippen LogP contribution is -2.18. The summed E-state index contributed by atoms with van der Waals surface area (Å²) < 4.78 is 7.78. The molecule has 1 saturated heterocycles. The summed E-state index contributed by atoms with van der Waals surface area (Å²) in [6, 6.07) is 1.89. The van der Waals surface area contributed by atoms with Gasteiger partial charge in [-0.25, -0.2) is 9.97 Å². The molecule has 0 aliphatic carbocycles. The Hall–Kier alpha value is -1.74. The maximum Gasteiger partial charge on any atom is 0.156 e. The van der Waals surface area contributed by atoms with Gasteiger partial charge in [0.2, 0.25) is 0 Å². The maximum atomic E-state index is 9.23. The molecule has 0 spiro atoms. The van der Waals surface area contributed by atoms with Gasteiger partial charge in [0.1, 0.15) is 24.0 Å². The molecule has 8 heteroatoms. The maximum absolute atomic E-state index is 9.23. The number of hydrogen-bond acceptors (Lipinski definition) is 7. The second-order valence-electron chi connectivity index (χ2n) is 6.24. The van der Waals surface area contributed by atoms with Gasteiger partial charge in [0, 0.05) is 6.20 Å². The zero-order chi connectivity index (χ0) is 17.2. The van der Waals surface area contributed by atoms with Gasteiger partial charge < -0.3 is 30.4 Å². The van der Waals surface area contributed by atoms with Crippen molar-refractivity contribution < 1.29 is 20.1 Å². The molecule has 0 radical (unpaired) electrons. The van der Waals surface area contributed by atoms with Crippen LogP contribution in [0.1, 0.15) is 33.4 Å². The highest BCUT2D eigenvalue weighted by Crippen LogP contribution is 2.35. The Morgan fingerprint density at radius 2 is 2.04 bits per heavy atom. The smallest absolute Gasteiger partial charge is 0.156 e. The highest BCUT2D eigenvalue weighted by atomic mass is 16.5. The van der Waals surface area contributed by atoms with Gasteiger partial charge in [-0.2, -0.15) is 0 Å². The summed E-state index contributed by atoms with van der Waals surface area (Å²) in [7, 11) is 0. The molecular formula is C15H24N4O4. The SMILES string of the molecule is CC(C)(O)O.CC1CC(n2ccc3c(N)ncnc32)OC1CO. The molecule has 3 rings (SSSR count). The zero-order valence-corrected chi connectivity index (χ0v) is 13.5. The molecule has 0 amide bonds. The second-order valence-corrected chi connectivity index (χ2v) is 6.24. The molecule has 2 aromatic rings. The van der Waals surface area contributed by atoms with Crippen molar-refractivity contribution >= 4 is 16.9 Å². The van der Waals surface area contributed by atoms with Crippen molar-refractivity contribution in [2.75, 3.05) is 12.3 Å². The molecule has 0 bridgehead atoms.